The molecular weight excluding hydrogens is 216 g/mol. The van der Waals surface area contributed by atoms with E-state index in [1.165, 1.54) is 5.56 Å². The molecule has 1 aromatic heterocycles. The predicted octanol–water partition coefficient (Wildman–Crippen LogP) is 1.65. The smallest absolute Gasteiger partial charge is 0.223 e. The molecule has 0 atom stereocenters. The minimum Gasteiger partial charge on any atom is -0.486 e. The molecule has 2 rings (SSSR count). The lowest BCUT2D eigenvalue weighted by molar-refractivity contribution is 0.295. The lowest BCUT2D eigenvalue weighted by atomic mass is 10.2. The van der Waals surface area contributed by atoms with Gasteiger partial charge < -0.3 is 10.5 Å². The van der Waals surface area contributed by atoms with Crippen LogP contribution < -0.4 is 10.5 Å². The van der Waals surface area contributed by atoms with Gasteiger partial charge in [0.2, 0.25) is 5.95 Å². The van der Waals surface area contributed by atoms with E-state index in [1.54, 1.807) is 6.92 Å². The molecule has 5 nitrogen and oxygen atoms in total. The molecule has 0 spiro atoms. The van der Waals surface area contributed by atoms with E-state index in [2.05, 4.69) is 15.0 Å². The van der Waals surface area contributed by atoms with E-state index in [9.17, 15) is 0 Å². The lowest BCUT2D eigenvalue weighted by Gasteiger charge is -2.06. The molecule has 2 N–H and O–H groups in total. The van der Waals surface area contributed by atoms with Crippen LogP contribution in [0, 0.1) is 13.8 Å². The molecule has 0 bridgehead atoms. The number of nitrogen functional groups attached to an aromatic ring is 1. The third-order valence-corrected chi connectivity index (χ3v) is 2.20. The Labute approximate surface area is 99.7 Å². The van der Waals surface area contributed by atoms with E-state index in [-0.39, 0.29) is 12.6 Å². The van der Waals surface area contributed by atoms with E-state index in [0.29, 0.717) is 11.6 Å². The molecule has 0 unspecified atom stereocenters. The van der Waals surface area contributed by atoms with Gasteiger partial charge in [-0.15, -0.1) is 0 Å². The largest absolute Gasteiger partial charge is 0.486 e. The zero-order valence-electron chi connectivity index (χ0n) is 9.84. The van der Waals surface area contributed by atoms with Crippen molar-refractivity contribution in [2.45, 2.75) is 20.5 Å². The van der Waals surface area contributed by atoms with Crippen molar-refractivity contribution < 1.29 is 4.74 Å². The summed E-state index contributed by atoms with van der Waals surface area (Å²) in [4.78, 5) is 12.0. The molecule has 1 heterocycles. The number of aromatic nitrogens is 3. The van der Waals surface area contributed by atoms with Gasteiger partial charge in [0.05, 0.1) is 0 Å². The summed E-state index contributed by atoms with van der Waals surface area (Å²) >= 11 is 0. The van der Waals surface area contributed by atoms with Crippen molar-refractivity contribution >= 4 is 5.95 Å². The predicted molar refractivity (Wildman–Crippen MR) is 64.5 cm³/mol. The zero-order chi connectivity index (χ0) is 12.3. The summed E-state index contributed by atoms with van der Waals surface area (Å²) in [5, 5.41) is 0. The second kappa shape index (κ2) is 4.78. The van der Waals surface area contributed by atoms with Crippen LogP contribution in [0.3, 0.4) is 0 Å². The van der Waals surface area contributed by atoms with Crippen LogP contribution in [0.5, 0.6) is 5.75 Å². The Bertz CT molecular complexity index is 490. The molecule has 5 heteroatoms. The summed E-state index contributed by atoms with van der Waals surface area (Å²) in [6, 6.07) is 7.80. The maximum Gasteiger partial charge on any atom is 0.223 e. The van der Waals surface area contributed by atoms with Gasteiger partial charge in [-0.3, -0.25) is 0 Å². The van der Waals surface area contributed by atoms with Crippen LogP contribution in [0.15, 0.2) is 24.3 Å². The van der Waals surface area contributed by atoms with Gasteiger partial charge in [0, 0.05) is 0 Å². The number of anilines is 1. The Hall–Kier alpha value is -2.17. The van der Waals surface area contributed by atoms with E-state index >= 15 is 0 Å². The minimum absolute atomic E-state index is 0.222. The van der Waals surface area contributed by atoms with Crippen LogP contribution in [0.25, 0.3) is 0 Å². The second-order valence-corrected chi connectivity index (χ2v) is 3.76. The normalized spacial score (nSPS) is 10.2. The Balaban J connectivity index is 2.04. The molecule has 88 valence electrons. The first-order chi connectivity index (χ1) is 8.13. The summed E-state index contributed by atoms with van der Waals surface area (Å²) < 4.78 is 5.55. The standard InChI is InChI=1S/C12H14N4O/c1-8-3-5-10(6-4-8)17-7-11-14-9(2)15-12(13)16-11/h3-6H,7H2,1-2H3,(H2,13,14,15,16). The van der Waals surface area contributed by atoms with Gasteiger partial charge in [0.15, 0.2) is 5.82 Å². The quantitative estimate of drug-likeness (QED) is 0.867. The highest BCUT2D eigenvalue weighted by atomic mass is 16.5. The fourth-order valence-corrected chi connectivity index (χ4v) is 1.41. The van der Waals surface area contributed by atoms with Crippen molar-refractivity contribution in [3.8, 4) is 5.75 Å². The van der Waals surface area contributed by atoms with E-state index in [4.69, 9.17) is 10.5 Å². The zero-order valence-corrected chi connectivity index (χ0v) is 9.84. The Morgan fingerprint density at radius 1 is 1.06 bits per heavy atom. The molecule has 0 aliphatic carbocycles. The molecule has 0 aliphatic heterocycles. The van der Waals surface area contributed by atoms with Crippen molar-refractivity contribution in [2.24, 2.45) is 0 Å². The van der Waals surface area contributed by atoms with E-state index in [0.717, 1.165) is 5.75 Å². The van der Waals surface area contributed by atoms with Crippen molar-refractivity contribution in [3.05, 3.63) is 41.5 Å². The first kappa shape index (κ1) is 11.3. The first-order valence-electron chi connectivity index (χ1n) is 5.30. The van der Waals surface area contributed by atoms with Gasteiger partial charge >= 0.3 is 0 Å². The fourth-order valence-electron chi connectivity index (χ4n) is 1.41. The van der Waals surface area contributed by atoms with Crippen molar-refractivity contribution in [1.29, 1.82) is 0 Å². The van der Waals surface area contributed by atoms with Crippen LogP contribution >= 0.6 is 0 Å². The molecule has 0 saturated carbocycles. The number of nitrogens with zero attached hydrogens (tertiary/aromatic N) is 3. The van der Waals surface area contributed by atoms with Crippen molar-refractivity contribution in [3.63, 3.8) is 0 Å². The number of hydrogen-bond acceptors (Lipinski definition) is 5. The highest BCUT2D eigenvalue weighted by Crippen LogP contribution is 2.12. The number of nitrogens with two attached hydrogens (primary N) is 1. The highest BCUT2D eigenvalue weighted by Gasteiger charge is 2.02. The maximum atomic E-state index is 5.55. The fraction of sp³-hybridized carbons (Fsp3) is 0.250. The number of benzene rings is 1. The molecular formula is C12H14N4O. The van der Waals surface area contributed by atoms with Gasteiger partial charge in [0.25, 0.3) is 0 Å². The van der Waals surface area contributed by atoms with Crippen LogP contribution in [0.1, 0.15) is 17.2 Å². The molecule has 0 aliphatic rings. The van der Waals surface area contributed by atoms with Crippen LogP contribution in [-0.2, 0) is 6.61 Å². The summed E-state index contributed by atoms with van der Waals surface area (Å²) in [6.07, 6.45) is 0. The molecule has 2 aromatic rings. The van der Waals surface area contributed by atoms with Gasteiger partial charge in [-0.25, -0.2) is 4.98 Å². The average molecular weight is 230 g/mol. The van der Waals surface area contributed by atoms with Gasteiger partial charge in [-0.2, -0.15) is 9.97 Å². The third kappa shape index (κ3) is 3.14. The van der Waals surface area contributed by atoms with E-state index in [1.807, 2.05) is 31.2 Å². The Kier molecular flexibility index (Phi) is 3.18. The van der Waals surface area contributed by atoms with Gasteiger partial charge in [0.1, 0.15) is 18.2 Å². The minimum atomic E-state index is 0.222. The van der Waals surface area contributed by atoms with Crippen LogP contribution in [-0.4, -0.2) is 15.0 Å². The number of ether oxygens (including phenoxy) is 1. The van der Waals surface area contributed by atoms with Gasteiger partial charge in [-0.1, -0.05) is 17.7 Å². The van der Waals surface area contributed by atoms with Crippen LogP contribution in [0.4, 0.5) is 5.95 Å². The second-order valence-electron chi connectivity index (χ2n) is 3.76. The lowest BCUT2D eigenvalue weighted by Crippen LogP contribution is -2.07. The summed E-state index contributed by atoms with van der Waals surface area (Å²) in [6.45, 7) is 4.09. The number of aryl methyl sites for hydroxylation is 2. The molecule has 1 aromatic carbocycles. The summed E-state index contributed by atoms with van der Waals surface area (Å²) in [7, 11) is 0. The summed E-state index contributed by atoms with van der Waals surface area (Å²) in [5.74, 6) is 2.14. The number of rotatable bonds is 3. The molecule has 0 radical (unpaired) electrons. The average Bonchev–Trinajstić information content (AvgIpc) is 2.27. The SMILES string of the molecule is Cc1ccc(OCc2nc(C)nc(N)n2)cc1. The topological polar surface area (TPSA) is 73.9 Å². The third-order valence-electron chi connectivity index (χ3n) is 2.20. The highest BCUT2D eigenvalue weighted by molar-refractivity contribution is 5.26. The van der Waals surface area contributed by atoms with Crippen molar-refractivity contribution in [1.82, 2.24) is 15.0 Å². The Morgan fingerprint density at radius 3 is 2.41 bits per heavy atom. The number of hydrogen-bond donors (Lipinski definition) is 1. The molecule has 0 fully saturated rings. The van der Waals surface area contributed by atoms with Crippen molar-refractivity contribution in [2.75, 3.05) is 5.73 Å². The van der Waals surface area contributed by atoms with Gasteiger partial charge in [-0.05, 0) is 26.0 Å². The molecule has 0 amide bonds. The Morgan fingerprint density at radius 2 is 1.76 bits per heavy atom. The first-order valence-corrected chi connectivity index (χ1v) is 5.30. The molecule has 17 heavy (non-hydrogen) atoms. The summed E-state index contributed by atoms with van der Waals surface area (Å²) in [5.41, 5.74) is 6.72. The monoisotopic (exact) mass is 230 g/mol. The van der Waals surface area contributed by atoms with Crippen LogP contribution in [0.2, 0.25) is 0 Å². The van der Waals surface area contributed by atoms with E-state index < -0.39 is 0 Å². The molecule has 0 saturated heterocycles. The maximum absolute atomic E-state index is 5.55.